The number of hydrogen-bond donors (Lipinski definition) is 2. The summed E-state index contributed by atoms with van der Waals surface area (Å²) in [6.45, 7) is 0. The number of aromatic hydroxyl groups is 1. The van der Waals surface area contributed by atoms with Crippen molar-refractivity contribution in [2.75, 3.05) is 12.4 Å². The van der Waals surface area contributed by atoms with Crippen molar-refractivity contribution in [3.63, 3.8) is 0 Å². The summed E-state index contributed by atoms with van der Waals surface area (Å²) >= 11 is 0. The van der Waals surface area contributed by atoms with E-state index in [0.717, 1.165) is 28.5 Å². The molecule has 2 N–H and O–H groups in total. The lowest BCUT2D eigenvalue weighted by molar-refractivity contribution is -0.385. The molecule has 0 spiro atoms. The van der Waals surface area contributed by atoms with Crippen LogP contribution in [0.1, 0.15) is 29.5 Å². The van der Waals surface area contributed by atoms with Gasteiger partial charge in [-0.2, -0.15) is 0 Å². The molecule has 5 rings (SSSR count). The number of allylic oxidation sites excluding steroid dienone is 2. The Hall–Kier alpha value is -3.54. The van der Waals surface area contributed by atoms with Crippen molar-refractivity contribution >= 4 is 22.1 Å². The van der Waals surface area contributed by atoms with Crippen molar-refractivity contribution in [2.24, 2.45) is 5.92 Å². The van der Waals surface area contributed by atoms with Crippen molar-refractivity contribution in [3.05, 3.63) is 81.9 Å². The lowest BCUT2D eigenvalue weighted by atomic mass is 9.75. The van der Waals surface area contributed by atoms with Gasteiger partial charge in [0.1, 0.15) is 11.5 Å². The number of ether oxygens (including phenoxy) is 1. The lowest BCUT2D eigenvalue weighted by Crippen LogP contribution is -2.30. The van der Waals surface area contributed by atoms with E-state index in [-0.39, 0.29) is 34.2 Å². The first kappa shape index (κ1) is 17.6. The van der Waals surface area contributed by atoms with Gasteiger partial charge in [0.25, 0.3) is 5.69 Å². The zero-order valence-electron chi connectivity index (χ0n) is 15.8. The number of phenols is 1. The summed E-state index contributed by atoms with van der Waals surface area (Å²) in [4.78, 5) is 11.3. The van der Waals surface area contributed by atoms with E-state index in [1.54, 1.807) is 7.11 Å². The Morgan fingerprint density at radius 2 is 1.97 bits per heavy atom. The van der Waals surface area contributed by atoms with Gasteiger partial charge in [-0.1, -0.05) is 42.5 Å². The Bertz CT molecular complexity index is 1170. The number of hydrogen-bond acceptors (Lipinski definition) is 5. The van der Waals surface area contributed by atoms with Crippen molar-refractivity contribution in [1.29, 1.82) is 0 Å². The van der Waals surface area contributed by atoms with E-state index in [2.05, 4.69) is 23.5 Å². The standard InChI is InChI=1S/C23H20N2O4/c1-29-19-12-9-13-5-2-3-6-14(13)21(19)22-16-8-4-7-15(16)20-17(25(27)28)10-11-18(26)23(20)24-22/h2-7,9-12,15-16,22,24,26H,8H2,1H3. The summed E-state index contributed by atoms with van der Waals surface area (Å²) < 4.78 is 5.70. The molecule has 1 heterocycles. The van der Waals surface area contributed by atoms with E-state index >= 15 is 0 Å². The molecule has 0 aromatic heterocycles. The van der Waals surface area contributed by atoms with Gasteiger partial charge in [-0.3, -0.25) is 10.1 Å². The van der Waals surface area contributed by atoms with Crippen LogP contribution in [0.4, 0.5) is 11.4 Å². The maximum atomic E-state index is 11.7. The predicted molar refractivity (Wildman–Crippen MR) is 112 cm³/mol. The number of fused-ring (bicyclic) bond motifs is 4. The molecule has 2 aliphatic rings. The summed E-state index contributed by atoms with van der Waals surface area (Å²) in [5, 5.41) is 27.8. The molecule has 0 saturated heterocycles. The molecule has 29 heavy (non-hydrogen) atoms. The summed E-state index contributed by atoms with van der Waals surface area (Å²) in [6.07, 6.45) is 4.90. The summed E-state index contributed by atoms with van der Waals surface area (Å²) in [5.74, 6) is 0.726. The maximum Gasteiger partial charge on any atom is 0.275 e. The van der Waals surface area contributed by atoms with E-state index in [9.17, 15) is 15.2 Å². The van der Waals surface area contributed by atoms with Gasteiger partial charge in [-0.25, -0.2) is 0 Å². The van der Waals surface area contributed by atoms with Crippen molar-refractivity contribution in [3.8, 4) is 11.5 Å². The van der Waals surface area contributed by atoms with Gasteiger partial charge in [0.2, 0.25) is 0 Å². The Balaban J connectivity index is 1.76. The summed E-state index contributed by atoms with van der Waals surface area (Å²) in [5.41, 5.74) is 2.05. The average Bonchev–Trinajstić information content (AvgIpc) is 3.22. The van der Waals surface area contributed by atoms with Gasteiger partial charge in [0.05, 0.1) is 29.3 Å². The van der Waals surface area contributed by atoms with Crippen LogP contribution in [-0.4, -0.2) is 17.1 Å². The molecule has 0 bridgehead atoms. The fourth-order valence-corrected chi connectivity index (χ4v) is 4.89. The van der Waals surface area contributed by atoms with Crippen LogP contribution in [0, 0.1) is 16.0 Å². The molecule has 0 fully saturated rings. The molecule has 0 radical (unpaired) electrons. The normalized spacial score (nSPS) is 22.0. The molecule has 0 amide bonds. The van der Waals surface area contributed by atoms with Crippen LogP contribution >= 0.6 is 0 Å². The van der Waals surface area contributed by atoms with Gasteiger partial charge in [-0.15, -0.1) is 0 Å². The highest BCUT2D eigenvalue weighted by Gasteiger charge is 2.43. The smallest absolute Gasteiger partial charge is 0.275 e. The molecule has 1 aliphatic carbocycles. The van der Waals surface area contributed by atoms with Crippen molar-refractivity contribution in [2.45, 2.75) is 18.4 Å². The van der Waals surface area contributed by atoms with Crippen LogP contribution in [-0.2, 0) is 0 Å². The van der Waals surface area contributed by atoms with Crippen molar-refractivity contribution in [1.82, 2.24) is 0 Å². The van der Waals surface area contributed by atoms with E-state index < -0.39 is 0 Å². The SMILES string of the molecule is COc1ccc2ccccc2c1C1Nc2c(O)ccc([N+](=O)[O-])c2C2C=CCC21. The molecule has 1 aliphatic heterocycles. The predicted octanol–water partition coefficient (Wildman–Crippen LogP) is 5.29. The molecule has 146 valence electrons. The van der Waals surface area contributed by atoms with E-state index in [1.165, 1.54) is 12.1 Å². The van der Waals surface area contributed by atoms with Gasteiger partial charge < -0.3 is 15.2 Å². The number of nitro benzene ring substituents is 1. The number of nitrogens with one attached hydrogen (secondary N) is 1. The molecular formula is C23H20N2O4. The first-order valence-electron chi connectivity index (χ1n) is 9.59. The average molecular weight is 388 g/mol. The second kappa shape index (κ2) is 6.51. The Morgan fingerprint density at radius 3 is 2.76 bits per heavy atom. The lowest BCUT2D eigenvalue weighted by Gasteiger charge is -2.38. The third kappa shape index (κ3) is 2.56. The van der Waals surface area contributed by atoms with E-state index in [0.29, 0.717) is 11.3 Å². The Kier molecular flexibility index (Phi) is 3.94. The fraction of sp³-hybridized carbons (Fsp3) is 0.217. The van der Waals surface area contributed by atoms with Gasteiger partial charge in [-0.05, 0) is 35.2 Å². The number of methoxy groups -OCH3 is 1. The molecular weight excluding hydrogens is 368 g/mol. The van der Waals surface area contributed by atoms with Crippen LogP contribution in [0.15, 0.2) is 60.7 Å². The molecule has 0 saturated carbocycles. The zero-order valence-corrected chi connectivity index (χ0v) is 15.8. The topological polar surface area (TPSA) is 84.6 Å². The number of benzene rings is 3. The largest absolute Gasteiger partial charge is 0.506 e. The quantitative estimate of drug-likeness (QED) is 0.276. The number of nitrogens with zero attached hydrogens (tertiary/aromatic N) is 1. The van der Waals surface area contributed by atoms with Gasteiger partial charge >= 0.3 is 0 Å². The number of rotatable bonds is 3. The Morgan fingerprint density at radius 1 is 1.14 bits per heavy atom. The van der Waals surface area contributed by atoms with Crippen LogP contribution < -0.4 is 10.1 Å². The minimum atomic E-state index is -0.373. The second-order valence-electron chi connectivity index (χ2n) is 7.53. The number of phenolic OH excluding ortho intramolecular Hbond substituents is 1. The molecule has 6 heteroatoms. The number of anilines is 1. The summed E-state index contributed by atoms with van der Waals surface area (Å²) in [6, 6.07) is 14.7. The minimum absolute atomic E-state index is 0.0218. The minimum Gasteiger partial charge on any atom is -0.506 e. The van der Waals surface area contributed by atoms with Gasteiger partial charge in [0.15, 0.2) is 0 Å². The third-order valence-electron chi connectivity index (χ3n) is 6.13. The molecule has 3 aromatic rings. The van der Waals surface area contributed by atoms with Crippen LogP contribution in [0.5, 0.6) is 11.5 Å². The number of nitro groups is 1. The maximum absolute atomic E-state index is 11.7. The highest BCUT2D eigenvalue weighted by Crippen LogP contribution is 2.56. The van der Waals surface area contributed by atoms with E-state index in [1.807, 2.05) is 30.3 Å². The zero-order chi connectivity index (χ0) is 20.1. The third-order valence-corrected chi connectivity index (χ3v) is 6.13. The molecule has 3 unspecified atom stereocenters. The highest BCUT2D eigenvalue weighted by molar-refractivity contribution is 5.89. The molecule has 3 atom stereocenters. The summed E-state index contributed by atoms with van der Waals surface area (Å²) in [7, 11) is 1.65. The first-order valence-corrected chi connectivity index (χ1v) is 9.59. The monoisotopic (exact) mass is 388 g/mol. The van der Waals surface area contributed by atoms with Crippen LogP contribution in [0.3, 0.4) is 0 Å². The van der Waals surface area contributed by atoms with Crippen LogP contribution in [0.2, 0.25) is 0 Å². The highest BCUT2D eigenvalue weighted by atomic mass is 16.6. The van der Waals surface area contributed by atoms with Crippen molar-refractivity contribution < 1.29 is 14.8 Å². The van der Waals surface area contributed by atoms with Crippen LogP contribution in [0.25, 0.3) is 10.8 Å². The molecule has 3 aromatic carbocycles. The van der Waals surface area contributed by atoms with E-state index in [4.69, 9.17) is 4.74 Å². The fourth-order valence-electron chi connectivity index (χ4n) is 4.89. The second-order valence-corrected chi connectivity index (χ2v) is 7.53. The first-order chi connectivity index (χ1) is 14.1. The van der Waals surface area contributed by atoms with Gasteiger partial charge in [0, 0.05) is 17.5 Å². The molecule has 6 nitrogen and oxygen atoms in total. The Labute approximate surface area is 167 Å².